The van der Waals surface area contributed by atoms with Crippen LogP contribution < -0.4 is 0 Å². The Kier molecular flexibility index (Phi) is 7.36. The van der Waals surface area contributed by atoms with Crippen molar-refractivity contribution < 1.29 is 23.7 Å². The quantitative estimate of drug-likeness (QED) is 0.145. The molecule has 3 aromatic rings. The highest BCUT2D eigenvalue weighted by atomic mass is 32.1. The van der Waals surface area contributed by atoms with E-state index in [9.17, 15) is 30.2 Å². The fourth-order valence-electron chi connectivity index (χ4n) is 3.21. The van der Waals surface area contributed by atoms with Crippen LogP contribution in [-0.2, 0) is 16.0 Å². The Labute approximate surface area is 198 Å². The molecule has 0 saturated carbocycles. The van der Waals surface area contributed by atoms with Gasteiger partial charge in [0.15, 0.2) is 5.78 Å². The monoisotopic (exact) mass is 475 g/mol. The summed E-state index contributed by atoms with van der Waals surface area (Å²) in [6, 6.07) is 12.9. The molecule has 0 spiro atoms. The first kappa shape index (κ1) is 24.1. The van der Waals surface area contributed by atoms with E-state index in [4.69, 9.17) is 9.15 Å². The van der Waals surface area contributed by atoms with Crippen molar-refractivity contribution in [3.05, 3.63) is 78.7 Å². The molecule has 0 aliphatic carbocycles. The van der Waals surface area contributed by atoms with Crippen LogP contribution in [-0.4, -0.2) is 23.3 Å². The summed E-state index contributed by atoms with van der Waals surface area (Å²) in [6.07, 6.45) is 0.976. The lowest BCUT2D eigenvalue weighted by Gasteiger charge is -1.99. The first-order valence-corrected chi connectivity index (χ1v) is 10.8. The lowest BCUT2D eigenvalue weighted by molar-refractivity contribution is -0.384. The number of benzene rings is 1. The van der Waals surface area contributed by atoms with Gasteiger partial charge in [-0.2, -0.15) is 10.5 Å². The minimum Gasteiger partial charge on any atom is -0.462 e. The number of ketones is 1. The number of thiophene rings is 1. The van der Waals surface area contributed by atoms with E-state index >= 15 is 0 Å². The zero-order chi connectivity index (χ0) is 24.8. The van der Waals surface area contributed by atoms with Gasteiger partial charge >= 0.3 is 5.97 Å². The number of nitrogens with zero attached hydrogens (tertiary/aromatic N) is 3. The number of furan rings is 1. The topological polar surface area (TPSA) is 147 Å². The third kappa shape index (κ3) is 4.93. The average molecular weight is 475 g/mol. The summed E-state index contributed by atoms with van der Waals surface area (Å²) in [5.41, 5.74) is 0.525. The fourth-order valence-corrected chi connectivity index (χ4v) is 4.36. The number of ether oxygens (including phenoxy) is 1. The lowest BCUT2D eigenvalue weighted by atomic mass is 10.0. The van der Waals surface area contributed by atoms with Crippen molar-refractivity contribution in [3.63, 3.8) is 0 Å². The number of esters is 1. The van der Waals surface area contributed by atoms with Gasteiger partial charge in [-0.3, -0.25) is 14.9 Å². The second-order valence-corrected chi connectivity index (χ2v) is 8.04. The first-order valence-electron chi connectivity index (χ1n) is 9.98. The Bertz CT molecular complexity index is 1400. The van der Waals surface area contributed by atoms with Crippen LogP contribution in [0.15, 0.2) is 46.4 Å². The number of Topliss-reactive ketones (excluding diaryl/α,β-unsaturated/α-hetero) is 1. The largest absolute Gasteiger partial charge is 0.462 e. The number of hydrogen-bond acceptors (Lipinski definition) is 9. The van der Waals surface area contributed by atoms with E-state index in [2.05, 4.69) is 0 Å². The minimum absolute atomic E-state index is 0.140. The molecule has 10 heteroatoms. The standard InChI is InChI=1S/C24H17N3O6S/c1-3-32-24(29)23-14(2)18(13-26)22(34-23)11-20(28)15(12-25)10-16-8-9-21(33-16)17-6-4-5-7-19(17)27(30)31/h4-10H,3,11H2,1-2H3. The van der Waals surface area contributed by atoms with E-state index in [1.54, 1.807) is 19.9 Å². The molecule has 0 saturated heterocycles. The molecule has 9 nitrogen and oxygen atoms in total. The molecule has 2 aromatic heterocycles. The van der Waals surface area contributed by atoms with Gasteiger partial charge in [-0.25, -0.2) is 4.79 Å². The van der Waals surface area contributed by atoms with E-state index in [-0.39, 0.29) is 51.8 Å². The van der Waals surface area contributed by atoms with Crippen molar-refractivity contribution >= 4 is 34.9 Å². The molecule has 0 amide bonds. The molecule has 3 rings (SSSR count). The molecule has 170 valence electrons. The minimum atomic E-state index is -0.575. The van der Waals surface area contributed by atoms with Crippen LogP contribution in [0.2, 0.25) is 0 Å². The third-order valence-corrected chi connectivity index (χ3v) is 6.09. The van der Waals surface area contributed by atoms with Gasteiger partial charge in [-0.15, -0.1) is 11.3 Å². The maximum Gasteiger partial charge on any atom is 0.348 e. The van der Waals surface area contributed by atoms with E-state index < -0.39 is 16.7 Å². The van der Waals surface area contributed by atoms with Crippen LogP contribution in [0.3, 0.4) is 0 Å². The summed E-state index contributed by atoms with van der Waals surface area (Å²) in [4.78, 5) is 36.3. The predicted molar refractivity (Wildman–Crippen MR) is 123 cm³/mol. The van der Waals surface area contributed by atoms with E-state index in [1.807, 2.05) is 12.1 Å². The zero-order valence-electron chi connectivity index (χ0n) is 18.2. The van der Waals surface area contributed by atoms with Crippen molar-refractivity contribution in [2.24, 2.45) is 0 Å². The number of rotatable bonds is 8. The average Bonchev–Trinajstić information content (AvgIpc) is 3.41. The van der Waals surface area contributed by atoms with Gasteiger partial charge in [0.05, 0.1) is 28.2 Å². The van der Waals surface area contributed by atoms with Crippen molar-refractivity contribution in [2.75, 3.05) is 6.61 Å². The van der Waals surface area contributed by atoms with Crippen LogP contribution in [0.4, 0.5) is 5.69 Å². The summed E-state index contributed by atoms with van der Waals surface area (Å²) >= 11 is 0.985. The number of carbonyl (C=O) groups excluding carboxylic acids is 2. The number of para-hydroxylation sites is 1. The summed E-state index contributed by atoms with van der Waals surface area (Å²) in [6.45, 7) is 3.44. The molecule has 0 N–H and O–H groups in total. The molecule has 0 aliphatic heterocycles. The fraction of sp³-hybridized carbons (Fsp3) is 0.167. The van der Waals surface area contributed by atoms with Gasteiger partial charge in [0.1, 0.15) is 28.5 Å². The molecule has 0 radical (unpaired) electrons. The molecule has 0 atom stereocenters. The molecular formula is C24H17N3O6S. The Balaban J connectivity index is 1.89. The normalized spacial score (nSPS) is 10.9. The van der Waals surface area contributed by atoms with Gasteiger partial charge in [0.25, 0.3) is 5.69 Å². The number of nitro benzene ring substituents is 1. The smallest absolute Gasteiger partial charge is 0.348 e. The van der Waals surface area contributed by atoms with E-state index in [0.717, 1.165) is 11.3 Å². The zero-order valence-corrected chi connectivity index (χ0v) is 19.0. The molecule has 0 fully saturated rings. The summed E-state index contributed by atoms with van der Waals surface area (Å²) in [7, 11) is 0. The van der Waals surface area contributed by atoms with Crippen LogP contribution in [0.5, 0.6) is 0 Å². The Hall–Kier alpha value is -4.54. The second kappa shape index (κ2) is 10.4. The summed E-state index contributed by atoms with van der Waals surface area (Å²) in [5, 5.41) is 30.3. The Morgan fingerprint density at radius 2 is 1.97 bits per heavy atom. The highest BCUT2D eigenvalue weighted by Crippen LogP contribution is 2.32. The van der Waals surface area contributed by atoms with Crippen LogP contribution in [0, 0.1) is 39.7 Å². The van der Waals surface area contributed by atoms with Crippen LogP contribution in [0.1, 0.15) is 38.4 Å². The molecule has 34 heavy (non-hydrogen) atoms. The number of nitriles is 2. The summed E-state index contributed by atoms with van der Waals surface area (Å²) < 4.78 is 10.6. The predicted octanol–water partition coefficient (Wildman–Crippen LogP) is 4.99. The second-order valence-electron chi connectivity index (χ2n) is 6.93. The van der Waals surface area contributed by atoms with Crippen molar-refractivity contribution in [1.29, 1.82) is 10.5 Å². The van der Waals surface area contributed by atoms with Crippen molar-refractivity contribution in [3.8, 4) is 23.5 Å². The van der Waals surface area contributed by atoms with Gasteiger partial charge < -0.3 is 9.15 Å². The van der Waals surface area contributed by atoms with Crippen molar-refractivity contribution in [1.82, 2.24) is 0 Å². The summed E-state index contributed by atoms with van der Waals surface area (Å²) in [5.74, 6) is -0.773. The third-order valence-electron chi connectivity index (χ3n) is 4.81. The SMILES string of the molecule is CCOC(=O)c1sc(CC(=O)C(C#N)=Cc2ccc(-c3ccccc3[N+](=O)[O-])o2)c(C#N)c1C. The van der Waals surface area contributed by atoms with E-state index in [0.29, 0.717) is 10.4 Å². The Morgan fingerprint density at radius 1 is 1.24 bits per heavy atom. The number of allylic oxidation sites excluding steroid dienone is 1. The molecule has 0 aliphatic rings. The van der Waals surface area contributed by atoms with E-state index in [1.165, 1.54) is 36.4 Å². The molecular weight excluding hydrogens is 458 g/mol. The molecule has 2 heterocycles. The van der Waals surface area contributed by atoms with Gasteiger partial charge in [-0.1, -0.05) is 12.1 Å². The van der Waals surface area contributed by atoms with Crippen LogP contribution >= 0.6 is 11.3 Å². The Morgan fingerprint density at radius 3 is 2.62 bits per heavy atom. The highest BCUT2D eigenvalue weighted by Gasteiger charge is 2.24. The van der Waals surface area contributed by atoms with Gasteiger partial charge in [-0.05, 0) is 37.6 Å². The first-order chi connectivity index (χ1) is 16.3. The van der Waals surface area contributed by atoms with Gasteiger partial charge in [0, 0.05) is 23.4 Å². The number of carbonyl (C=O) groups is 2. The lowest BCUT2D eigenvalue weighted by Crippen LogP contribution is -2.05. The molecule has 0 unspecified atom stereocenters. The maximum absolute atomic E-state index is 12.8. The number of nitro groups is 1. The highest BCUT2D eigenvalue weighted by molar-refractivity contribution is 7.14. The molecule has 0 bridgehead atoms. The molecule has 1 aromatic carbocycles. The van der Waals surface area contributed by atoms with Crippen molar-refractivity contribution in [2.45, 2.75) is 20.3 Å². The van der Waals surface area contributed by atoms with Crippen LogP contribution in [0.25, 0.3) is 17.4 Å². The number of hydrogen-bond donors (Lipinski definition) is 0. The van der Waals surface area contributed by atoms with Gasteiger partial charge in [0.2, 0.25) is 0 Å². The maximum atomic E-state index is 12.8.